The zero-order chi connectivity index (χ0) is 22.5. The van der Waals surface area contributed by atoms with Crippen LogP contribution in [0.2, 0.25) is 0 Å². The molecule has 0 aliphatic carbocycles. The van der Waals surface area contributed by atoms with Gasteiger partial charge >= 0.3 is 0 Å². The maximum absolute atomic E-state index is 2.43. The van der Waals surface area contributed by atoms with Crippen molar-refractivity contribution in [2.45, 2.75) is 0 Å². The van der Waals surface area contributed by atoms with Gasteiger partial charge in [-0.1, -0.05) is 97.1 Å². The molecule has 0 saturated carbocycles. The normalized spacial score (nSPS) is 11.5. The first-order valence-electron chi connectivity index (χ1n) is 11.6. The second-order valence-electron chi connectivity index (χ2n) is 8.66. The molecule has 0 unspecified atom stereocenters. The molecule has 0 saturated heterocycles. The summed E-state index contributed by atoms with van der Waals surface area (Å²) in [4.78, 5) is 0. The van der Waals surface area contributed by atoms with Crippen molar-refractivity contribution in [3.05, 3.63) is 134 Å². The number of pyridine rings is 1. The largest absolute Gasteiger partial charge is 0.314 e. The number of para-hydroxylation sites is 1. The molecule has 4 aromatic carbocycles. The lowest BCUT2D eigenvalue weighted by molar-refractivity contribution is 1.18. The topological polar surface area (TPSA) is 9.34 Å². The van der Waals surface area contributed by atoms with Gasteiger partial charge in [-0.05, 0) is 47.0 Å². The van der Waals surface area contributed by atoms with E-state index in [0.717, 1.165) is 0 Å². The SMILES string of the molecule is c1ccc(-c2ccc(-n3c4ccccc4c4c3c(-c3ccccc3)c3ccccn34)cc2)cc1. The van der Waals surface area contributed by atoms with Gasteiger partial charge in [-0.2, -0.15) is 0 Å². The van der Waals surface area contributed by atoms with Crippen LogP contribution in [-0.4, -0.2) is 8.97 Å². The second kappa shape index (κ2) is 7.50. The zero-order valence-electron chi connectivity index (χ0n) is 18.6. The van der Waals surface area contributed by atoms with Crippen LogP contribution in [0.4, 0.5) is 0 Å². The molecule has 160 valence electrons. The summed E-state index contributed by atoms with van der Waals surface area (Å²) in [5.74, 6) is 0. The van der Waals surface area contributed by atoms with Gasteiger partial charge in [0.05, 0.1) is 22.1 Å². The van der Waals surface area contributed by atoms with Crippen molar-refractivity contribution in [3.8, 4) is 27.9 Å². The number of fused-ring (bicyclic) bond motifs is 5. The number of nitrogens with zero attached hydrogens (tertiary/aromatic N) is 2. The fourth-order valence-electron chi connectivity index (χ4n) is 5.25. The van der Waals surface area contributed by atoms with E-state index >= 15 is 0 Å². The third-order valence-corrected chi connectivity index (χ3v) is 6.74. The lowest BCUT2D eigenvalue weighted by Crippen LogP contribution is -1.94. The van der Waals surface area contributed by atoms with Crippen LogP contribution in [-0.2, 0) is 0 Å². The van der Waals surface area contributed by atoms with E-state index in [2.05, 4.69) is 143 Å². The third kappa shape index (κ3) is 2.76. The standard InChI is InChI=1S/C32H22N2/c1-3-11-23(12-4-1)24-18-20-26(21-19-24)34-28-16-8-7-15-27(28)31-32(34)30(25-13-5-2-6-14-25)29-17-9-10-22-33(29)31/h1-22H. The Kier molecular flexibility index (Phi) is 4.18. The Morgan fingerprint density at radius 3 is 1.76 bits per heavy atom. The first-order chi connectivity index (χ1) is 16.9. The molecule has 3 aromatic heterocycles. The van der Waals surface area contributed by atoms with Crippen molar-refractivity contribution < 1.29 is 0 Å². The van der Waals surface area contributed by atoms with Gasteiger partial charge in [0.15, 0.2) is 0 Å². The zero-order valence-corrected chi connectivity index (χ0v) is 18.6. The second-order valence-corrected chi connectivity index (χ2v) is 8.66. The number of rotatable bonds is 3. The Labute approximate surface area is 198 Å². The van der Waals surface area contributed by atoms with Crippen molar-refractivity contribution in [2.24, 2.45) is 0 Å². The predicted molar refractivity (Wildman–Crippen MR) is 143 cm³/mol. The molecular formula is C32H22N2. The van der Waals surface area contributed by atoms with E-state index in [1.54, 1.807) is 0 Å². The van der Waals surface area contributed by atoms with Gasteiger partial charge < -0.3 is 8.97 Å². The molecule has 0 bridgehead atoms. The summed E-state index contributed by atoms with van der Waals surface area (Å²) in [6.45, 7) is 0. The van der Waals surface area contributed by atoms with E-state index in [1.807, 2.05) is 0 Å². The van der Waals surface area contributed by atoms with Gasteiger partial charge in [0.1, 0.15) is 0 Å². The summed E-state index contributed by atoms with van der Waals surface area (Å²) in [6.07, 6.45) is 2.18. The molecule has 34 heavy (non-hydrogen) atoms. The van der Waals surface area contributed by atoms with Crippen LogP contribution < -0.4 is 0 Å². The molecule has 0 aliphatic heterocycles. The smallest absolute Gasteiger partial charge is 0.0809 e. The van der Waals surface area contributed by atoms with Gasteiger partial charge in [0.2, 0.25) is 0 Å². The Balaban J connectivity index is 1.59. The van der Waals surface area contributed by atoms with Crippen molar-refractivity contribution in [2.75, 3.05) is 0 Å². The highest BCUT2D eigenvalue weighted by molar-refractivity contribution is 6.17. The predicted octanol–water partition coefficient (Wildman–Crippen LogP) is 8.37. The van der Waals surface area contributed by atoms with E-state index in [9.17, 15) is 0 Å². The van der Waals surface area contributed by atoms with E-state index in [0.29, 0.717) is 0 Å². The maximum atomic E-state index is 2.43. The van der Waals surface area contributed by atoms with Crippen LogP contribution in [0.1, 0.15) is 0 Å². The summed E-state index contributed by atoms with van der Waals surface area (Å²) in [6, 6.07) is 45.4. The molecule has 3 heterocycles. The molecule has 7 rings (SSSR count). The molecule has 0 atom stereocenters. The summed E-state index contributed by atoms with van der Waals surface area (Å²) in [5, 5.41) is 1.26. The summed E-state index contributed by atoms with van der Waals surface area (Å²) < 4.78 is 4.77. The minimum Gasteiger partial charge on any atom is -0.314 e. The maximum Gasteiger partial charge on any atom is 0.0809 e. The van der Waals surface area contributed by atoms with Crippen LogP contribution >= 0.6 is 0 Å². The van der Waals surface area contributed by atoms with Crippen LogP contribution in [0.5, 0.6) is 0 Å². The molecule has 0 aliphatic rings. The lowest BCUT2D eigenvalue weighted by atomic mass is 10.0. The van der Waals surface area contributed by atoms with Gasteiger partial charge in [-0.3, -0.25) is 0 Å². The minimum atomic E-state index is 1.17. The van der Waals surface area contributed by atoms with Gasteiger partial charge in [0, 0.05) is 22.8 Å². The van der Waals surface area contributed by atoms with E-state index in [1.165, 1.54) is 55.4 Å². The monoisotopic (exact) mass is 434 g/mol. The van der Waals surface area contributed by atoms with Crippen molar-refractivity contribution in [1.29, 1.82) is 0 Å². The average molecular weight is 435 g/mol. The molecular weight excluding hydrogens is 412 g/mol. The van der Waals surface area contributed by atoms with Crippen LogP contribution in [0, 0.1) is 0 Å². The first-order valence-corrected chi connectivity index (χ1v) is 11.6. The van der Waals surface area contributed by atoms with Gasteiger partial charge in [-0.25, -0.2) is 0 Å². The summed E-state index contributed by atoms with van der Waals surface area (Å²) in [7, 11) is 0. The molecule has 0 amide bonds. The van der Waals surface area contributed by atoms with Crippen molar-refractivity contribution in [1.82, 2.24) is 8.97 Å². The van der Waals surface area contributed by atoms with Crippen molar-refractivity contribution >= 4 is 27.5 Å². The molecule has 0 N–H and O–H groups in total. The number of aromatic nitrogens is 2. The van der Waals surface area contributed by atoms with E-state index < -0.39 is 0 Å². The van der Waals surface area contributed by atoms with Crippen LogP contribution in [0.25, 0.3) is 55.4 Å². The summed E-state index contributed by atoms with van der Waals surface area (Å²) >= 11 is 0. The van der Waals surface area contributed by atoms with Crippen LogP contribution in [0.3, 0.4) is 0 Å². The molecule has 0 fully saturated rings. The molecule has 2 nitrogen and oxygen atoms in total. The molecule has 0 radical (unpaired) electrons. The van der Waals surface area contributed by atoms with E-state index in [-0.39, 0.29) is 0 Å². The lowest BCUT2D eigenvalue weighted by Gasteiger charge is -2.11. The number of benzene rings is 4. The Hall–Kier alpha value is -4.56. The highest BCUT2D eigenvalue weighted by atomic mass is 15.0. The highest BCUT2D eigenvalue weighted by Gasteiger charge is 2.22. The highest BCUT2D eigenvalue weighted by Crippen LogP contribution is 2.42. The Bertz CT molecular complexity index is 1770. The van der Waals surface area contributed by atoms with Gasteiger partial charge in [0.25, 0.3) is 0 Å². The van der Waals surface area contributed by atoms with E-state index in [4.69, 9.17) is 0 Å². The first kappa shape index (κ1) is 19.0. The minimum absolute atomic E-state index is 1.17. The van der Waals surface area contributed by atoms with Crippen LogP contribution in [0.15, 0.2) is 134 Å². The summed E-state index contributed by atoms with van der Waals surface area (Å²) in [5.41, 5.74) is 11.0. The Morgan fingerprint density at radius 1 is 0.412 bits per heavy atom. The van der Waals surface area contributed by atoms with Gasteiger partial charge in [-0.15, -0.1) is 0 Å². The quantitative estimate of drug-likeness (QED) is 0.264. The number of hydrogen-bond acceptors (Lipinski definition) is 0. The number of hydrogen-bond donors (Lipinski definition) is 0. The molecule has 7 aromatic rings. The third-order valence-electron chi connectivity index (χ3n) is 6.74. The van der Waals surface area contributed by atoms with Crippen molar-refractivity contribution in [3.63, 3.8) is 0 Å². The molecule has 0 spiro atoms. The fraction of sp³-hybridized carbons (Fsp3) is 0. The molecule has 2 heteroatoms. The average Bonchev–Trinajstić information content (AvgIpc) is 3.42. The fourth-order valence-corrected chi connectivity index (χ4v) is 5.25. The Morgan fingerprint density at radius 2 is 1.00 bits per heavy atom.